The van der Waals surface area contributed by atoms with Crippen LogP contribution in [-0.2, 0) is 6.42 Å². The van der Waals surface area contributed by atoms with Crippen molar-refractivity contribution in [3.63, 3.8) is 0 Å². The zero-order chi connectivity index (χ0) is 8.55. The first-order valence-corrected chi connectivity index (χ1v) is 4.10. The lowest BCUT2D eigenvalue weighted by Crippen LogP contribution is -2.04. The molecule has 0 unspecified atom stereocenters. The molecular weight excluding hydrogens is 184 g/mol. The van der Waals surface area contributed by atoms with Crippen molar-refractivity contribution in [2.45, 2.75) is 18.9 Å². The molecule has 1 aromatic carbocycles. The molecule has 0 spiro atoms. The van der Waals surface area contributed by atoms with Gasteiger partial charge < -0.3 is 5.73 Å². The summed E-state index contributed by atoms with van der Waals surface area (Å²) in [6.45, 7) is 0. The molecule has 0 saturated carbocycles. The van der Waals surface area contributed by atoms with Crippen molar-refractivity contribution in [2.24, 2.45) is 5.73 Å². The molecule has 2 nitrogen and oxygen atoms in total. The number of fused-ring (bicyclic) bond motifs is 1. The van der Waals surface area contributed by atoms with E-state index >= 15 is 0 Å². The highest BCUT2D eigenvalue weighted by molar-refractivity contribution is 5.85. The average Bonchev–Trinajstić information content (AvgIpc) is 2.48. The van der Waals surface area contributed by atoms with E-state index in [1.807, 2.05) is 18.2 Å². The third-order valence-corrected chi connectivity index (χ3v) is 2.44. The third-order valence-electron chi connectivity index (χ3n) is 2.44. The largest absolute Gasteiger partial charge is 0.324 e. The van der Waals surface area contributed by atoms with Crippen LogP contribution in [0.1, 0.15) is 29.2 Å². The molecule has 2 N–H and O–H groups in total. The summed E-state index contributed by atoms with van der Waals surface area (Å²) in [5.41, 5.74) is 8.97. The molecule has 2 rings (SSSR count). The van der Waals surface area contributed by atoms with Crippen molar-refractivity contribution in [1.82, 2.24) is 0 Å². The second-order valence-electron chi connectivity index (χ2n) is 3.13. The predicted molar refractivity (Wildman–Crippen MR) is 53.7 cm³/mol. The van der Waals surface area contributed by atoms with E-state index in [1.54, 1.807) is 0 Å². The van der Waals surface area contributed by atoms with Crippen molar-refractivity contribution < 1.29 is 0 Å². The minimum Gasteiger partial charge on any atom is -0.324 e. The Balaban J connectivity index is 0.000000845. The van der Waals surface area contributed by atoms with Gasteiger partial charge in [0.1, 0.15) is 0 Å². The van der Waals surface area contributed by atoms with Gasteiger partial charge in [0, 0.05) is 6.04 Å². The minimum atomic E-state index is 0. The van der Waals surface area contributed by atoms with E-state index in [2.05, 4.69) is 6.07 Å². The number of hydrogen-bond acceptors (Lipinski definition) is 2. The Labute approximate surface area is 83.8 Å². The van der Waals surface area contributed by atoms with Crippen molar-refractivity contribution in [1.29, 1.82) is 5.26 Å². The number of nitrogens with two attached hydrogens (primary N) is 1. The highest BCUT2D eigenvalue weighted by Crippen LogP contribution is 2.30. The number of benzene rings is 1. The van der Waals surface area contributed by atoms with E-state index in [9.17, 15) is 0 Å². The van der Waals surface area contributed by atoms with Gasteiger partial charge in [0.25, 0.3) is 0 Å². The van der Waals surface area contributed by atoms with Crippen LogP contribution in [0.3, 0.4) is 0 Å². The molecule has 0 fully saturated rings. The Bertz CT molecular complexity index is 354. The van der Waals surface area contributed by atoms with Crippen LogP contribution in [0, 0.1) is 11.3 Å². The maximum absolute atomic E-state index is 8.80. The number of nitrogens with zero attached hydrogens (tertiary/aromatic N) is 1. The molecule has 68 valence electrons. The molecule has 0 radical (unpaired) electrons. The normalized spacial score (nSPS) is 18.6. The van der Waals surface area contributed by atoms with Crippen LogP contribution in [0.5, 0.6) is 0 Å². The minimum absolute atomic E-state index is 0. The summed E-state index contributed by atoms with van der Waals surface area (Å²) in [5, 5.41) is 8.80. The Morgan fingerprint density at radius 2 is 2.23 bits per heavy atom. The molecule has 0 heterocycles. The van der Waals surface area contributed by atoms with E-state index in [4.69, 9.17) is 11.0 Å². The van der Waals surface area contributed by atoms with Crippen LogP contribution < -0.4 is 5.73 Å². The topological polar surface area (TPSA) is 49.8 Å². The van der Waals surface area contributed by atoms with Gasteiger partial charge in [-0.1, -0.05) is 12.1 Å². The number of rotatable bonds is 0. The Morgan fingerprint density at radius 1 is 1.46 bits per heavy atom. The zero-order valence-electron chi connectivity index (χ0n) is 7.16. The standard InChI is InChI=1S/C10H10N2.ClH/c11-6-7-2-1-3-9-8(7)4-5-10(9)12;/h1-3,10H,4-5,12H2;1H/t10-;/m1./s1. The van der Waals surface area contributed by atoms with Gasteiger partial charge in [-0.05, 0) is 30.0 Å². The molecule has 0 bridgehead atoms. The molecule has 0 aromatic heterocycles. The highest BCUT2D eigenvalue weighted by Gasteiger charge is 2.20. The van der Waals surface area contributed by atoms with E-state index < -0.39 is 0 Å². The summed E-state index contributed by atoms with van der Waals surface area (Å²) in [7, 11) is 0. The summed E-state index contributed by atoms with van der Waals surface area (Å²) in [5.74, 6) is 0. The van der Waals surface area contributed by atoms with Gasteiger partial charge in [0.2, 0.25) is 0 Å². The Hall–Kier alpha value is -1.04. The smallest absolute Gasteiger partial charge is 0.0994 e. The maximum Gasteiger partial charge on any atom is 0.0994 e. The lowest BCUT2D eigenvalue weighted by molar-refractivity contribution is 0.713. The molecule has 0 aliphatic heterocycles. The predicted octanol–water partition coefficient (Wildman–Crippen LogP) is 1.93. The van der Waals surface area contributed by atoms with Crippen LogP contribution in [-0.4, -0.2) is 0 Å². The summed E-state index contributed by atoms with van der Waals surface area (Å²) in [6.07, 6.45) is 1.94. The van der Waals surface area contributed by atoms with E-state index in [-0.39, 0.29) is 18.4 Å². The molecule has 0 saturated heterocycles. The summed E-state index contributed by atoms with van der Waals surface area (Å²) < 4.78 is 0. The lowest BCUT2D eigenvalue weighted by Gasteiger charge is -2.03. The van der Waals surface area contributed by atoms with Crippen molar-refractivity contribution in [3.8, 4) is 6.07 Å². The molecule has 3 heteroatoms. The van der Waals surface area contributed by atoms with E-state index in [1.165, 1.54) is 0 Å². The molecule has 1 aliphatic carbocycles. The van der Waals surface area contributed by atoms with Crippen LogP contribution in [0.4, 0.5) is 0 Å². The van der Waals surface area contributed by atoms with E-state index in [0.717, 1.165) is 29.5 Å². The summed E-state index contributed by atoms with van der Waals surface area (Å²) >= 11 is 0. The fourth-order valence-electron chi connectivity index (χ4n) is 1.79. The van der Waals surface area contributed by atoms with Crippen LogP contribution in [0.15, 0.2) is 18.2 Å². The van der Waals surface area contributed by atoms with Gasteiger partial charge in [0.05, 0.1) is 11.6 Å². The third kappa shape index (κ3) is 1.53. The number of hydrogen-bond donors (Lipinski definition) is 1. The molecule has 1 atom stereocenters. The van der Waals surface area contributed by atoms with E-state index in [0.29, 0.717) is 0 Å². The van der Waals surface area contributed by atoms with Gasteiger partial charge in [-0.2, -0.15) is 5.26 Å². The first kappa shape index (κ1) is 10.0. The van der Waals surface area contributed by atoms with Crippen molar-refractivity contribution >= 4 is 12.4 Å². The molecule has 1 aliphatic rings. The molecule has 0 amide bonds. The monoisotopic (exact) mass is 194 g/mol. The van der Waals surface area contributed by atoms with Crippen molar-refractivity contribution in [2.75, 3.05) is 0 Å². The number of halogens is 1. The molecule has 1 aromatic rings. The van der Waals surface area contributed by atoms with Crippen LogP contribution in [0.25, 0.3) is 0 Å². The van der Waals surface area contributed by atoms with Gasteiger partial charge in [-0.3, -0.25) is 0 Å². The molecular formula is C10H11ClN2. The first-order chi connectivity index (χ1) is 5.83. The summed E-state index contributed by atoms with van der Waals surface area (Å²) in [4.78, 5) is 0. The second-order valence-corrected chi connectivity index (χ2v) is 3.13. The average molecular weight is 195 g/mol. The van der Waals surface area contributed by atoms with Crippen LogP contribution in [0.2, 0.25) is 0 Å². The Morgan fingerprint density at radius 3 is 2.92 bits per heavy atom. The van der Waals surface area contributed by atoms with Gasteiger partial charge in [-0.15, -0.1) is 12.4 Å². The second kappa shape index (κ2) is 3.78. The number of nitriles is 1. The van der Waals surface area contributed by atoms with Gasteiger partial charge in [-0.25, -0.2) is 0 Å². The fraction of sp³-hybridized carbons (Fsp3) is 0.300. The fourth-order valence-corrected chi connectivity index (χ4v) is 1.79. The Kier molecular flexibility index (Phi) is 2.92. The van der Waals surface area contributed by atoms with Crippen LogP contribution >= 0.6 is 12.4 Å². The zero-order valence-corrected chi connectivity index (χ0v) is 7.97. The SMILES string of the molecule is Cl.N#Cc1cccc2c1CC[C@H]2N. The van der Waals surface area contributed by atoms with Crippen molar-refractivity contribution in [3.05, 3.63) is 34.9 Å². The molecule has 13 heavy (non-hydrogen) atoms. The highest BCUT2D eigenvalue weighted by atomic mass is 35.5. The van der Waals surface area contributed by atoms with Gasteiger partial charge in [0.15, 0.2) is 0 Å². The lowest BCUT2D eigenvalue weighted by atomic mass is 10.0. The first-order valence-electron chi connectivity index (χ1n) is 4.10. The van der Waals surface area contributed by atoms with Gasteiger partial charge >= 0.3 is 0 Å². The quantitative estimate of drug-likeness (QED) is 0.686. The summed E-state index contributed by atoms with van der Waals surface area (Å²) in [6, 6.07) is 8.12. The maximum atomic E-state index is 8.80.